The number of ether oxygens (including phenoxy) is 1. The van der Waals surface area contributed by atoms with Gasteiger partial charge in [0.25, 0.3) is 0 Å². The fourth-order valence-electron chi connectivity index (χ4n) is 4.90. The highest BCUT2D eigenvalue weighted by atomic mass is 16.5. The van der Waals surface area contributed by atoms with Crippen molar-refractivity contribution in [1.82, 2.24) is 4.57 Å². The van der Waals surface area contributed by atoms with Crippen molar-refractivity contribution >= 4 is 33.2 Å². The van der Waals surface area contributed by atoms with Gasteiger partial charge in [0.1, 0.15) is 25.3 Å². The van der Waals surface area contributed by atoms with Crippen molar-refractivity contribution in [2.75, 3.05) is 7.05 Å². The molecule has 0 radical (unpaired) electrons. The van der Waals surface area contributed by atoms with E-state index < -0.39 is 0 Å². The van der Waals surface area contributed by atoms with Crippen LogP contribution in [-0.2, 0) is 4.74 Å². The van der Waals surface area contributed by atoms with E-state index in [1.807, 2.05) is 6.26 Å². The van der Waals surface area contributed by atoms with Gasteiger partial charge in [-0.2, -0.15) is 0 Å². The van der Waals surface area contributed by atoms with Crippen molar-refractivity contribution in [2.24, 2.45) is 5.92 Å². The smallest absolute Gasteiger partial charge is 0.204 e. The molecule has 2 aromatic carbocycles. The van der Waals surface area contributed by atoms with Gasteiger partial charge < -0.3 is 9.30 Å². The van der Waals surface area contributed by atoms with Crippen LogP contribution in [-0.4, -0.2) is 28.0 Å². The van der Waals surface area contributed by atoms with E-state index in [1.54, 1.807) is 0 Å². The summed E-state index contributed by atoms with van der Waals surface area (Å²) >= 11 is 0. The first-order valence-corrected chi connectivity index (χ1v) is 8.84. The average molecular weight is 327 g/mol. The number of nitrogens with zero attached hydrogens (tertiary/aromatic N) is 2. The van der Waals surface area contributed by atoms with Crippen molar-refractivity contribution in [3.63, 3.8) is 0 Å². The molecule has 0 spiro atoms. The SMILES string of the molecule is Cc1cc2c3ccccc3n3c2c(c1C)C1=[N+](C)C=CC2OC=C3C12. The summed E-state index contributed by atoms with van der Waals surface area (Å²) in [7, 11) is 2.16. The molecule has 6 rings (SSSR count). The molecule has 0 fully saturated rings. The van der Waals surface area contributed by atoms with Gasteiger partial charge in [0.05, 0.1) is 22.3 Å². The second kappa shape index (κ2) is 4.23. The third kappa shape index (κ3) is 1.42. The summed E-state index contributed by atoms with van der Waals surface area (Å²) < 4.78 is 10.8. The predicted molar refractivity (Wildman–Crippen MR) is 101 cm³/mol. The van der Waals surface area contributed by atoms with E-state index in [1.165, 1.54) is 49.9 Å². The molecular formula is C22H19N2O+. The summed E-state index contributed by atoms with van der Waals surface area (Å²) in [5.74, 6) is 0.266. The van der Waals surface area contributed by atoms with E-state index in [0.717, 1.165) is 0 Å². The molecule has 0 saturated heterocycles. The summed E-state index contributed by atoms with van der Waals surface area (Å²) in [4.78, 5) is 0. The molecule has 2 unspecified atom stereocenters. The molecule has 122 valence electrons. The zero-order valence-electron chi connectivity index (χ0n) is 14.6. The molecule has 3 aliphatic heterocycles. The summed E-state index contributed by atoms with van der Waals surface area (Å²) in [6.45, 7) is 4.48. The lowest BCUT2D eigenvalue weighted by molar-refractivity contribution is -0.427. The minimum Gasteiger partial charge on any atom is -0.491 e. The number of benzene rings is 2. The monoisotopic (exact) mass is 327 g/mol. The van der Waals surface area contributed by atoms with Gasteiger partial charge in [0.15, 0.2) is 6.20 Å². The molecule has 0 saturated carbocycles. The summed E-state index contributed by atoms with van der Waals surface area (Å²) in [6, 6.07) is 11.1. The minimum atomic E-state index is 0.102. The first kappa shape index (κ1) is 13.5. The highest BCUT2D eigenvalue weighted by molar-refractivity contribution is 6.23. The van der Waals surface area contributed by atoms with E-state index >= 15 is 0 Å². The molecule has 0 bridgehead atoms. The molecule has 1 aromatic heterocycles. The summed E-state index contributed by atoms with van der Waals surface area (Å²) in [6.07, 6.45) is 6.41. The Morgan fingerprint density at radius 3 is 2.84 bits per heavy atom. The van der Waals surface area contributed by atoms with Gasteiger partial charge in [0, 0.05) is 16.8 Å². The number of hydrogen-bond donors (Lipinski definition) is 0. The number of aryl methyl sites for hydroxylation is 1. The largest absolute Gasteiger partial charge is 0.491 e. The second-order valence-corrected chi connectivity index (χ2v) is 7.40. The fourth-order valence-corrected chi connectivity index (χ4v) is 4.90. The first-order valence-electron chi connectivity index (χ1n) is 8.84. The maximum Gasteiger partial charge on any atom is 0.204 e. The van der Waals surface area contributed by atoms with Crippen molar-refractivity contribution in [2.45, 2.75) is 20.0 Å². The van der Waals surface area contributed by atoms with Crippen LogP contribution in [0.25, 0.3) is 27.5 Å². The number of rotatable bonds is 0. The average Bonchev–Trinajstić information content (AvgIpc) is 3.18. The zero-order valence-corrected chi connectivity index (χ0v) is 14.6. The van der Waals surface area contributed by atoms with Gasteiger partial charge in [-0.1, -0.05) is 18.2 Å². The predicted octanol–water partition coefficient (Wildman–Crippen LogP) is 4.20. The molecule has 25 heavy (non-hydrogen) atoms. The van der Waals surface area contributed by atoms with Crippen LogP contribution in [0, 0.1) is 19.8 Å². The van der Waals surface area contributed by atoms with Crippen LogP contribution >= 0.6 is 0 Å². The van der Waals surface area contributed by atoms with Crippen molar-refractivity contribution in [3.8, 4) is 0 Å². The normalized spacial score (nSPS) is 23.2. The molecule has 3 aliphatic rings. The second-order valence-electron chi connectivity index (χ2n) is 7.40. The number of fused-ring (bicyclic) bond motifs is 5. The van der Waals surface area contributed by atoms with E-state index in [9.17, 15) is 0 Å². The Balaban J connectivity index is 1.95. The van der Waals surface area contributed by atoms with Gasteiger partial charge >= 0.3 is 0 Å². The topological polar surface area (TPSA) is 17.2 Å². The standard InChI is InChI=1S/C22H19N2O/c1-12-10-15-14-6-4-5-7-16(14)24-17-11-25-18-8-9-23(3)22(20(17)18)19(13(12)2)21(15)24/h4-11,18,20H,1-3H3/q+1. The van der Waals surface area contributed by atoms with Crippen molar-refractivity contribution in [1.29, 1.82) is 0 Å². The lowest BCUT2D eigenvalue weighted by Crippen LogP contribution is -2.38. The summed E-state index contributed by atoms with van der Waals surface area (Å²) in [5.41, 5.74) is 9.34. The molecule has 2 atom stereocenters. The first-order chi connectivity index (χ1) is 12.2. The Morgan fingerprint density at radius 2 is 1.96 bits per heavy atom. The molecule has 0 amide bonds. The Morgan fingerprint density at radius 1 is 1.12 bits per heavy atom. The Labute approximate surface area is 146 Å². The fraction of sp³-hybridized carbons (Fsp3) is 0.227. The van der Waals surface area contributed by atoms with Crippen LogP contribution in [0.2, 0.25) is 0 Å². The van der Waals surface area contributed by atoms with Crippen LogP contribution in [0.3, 0.4) is 0 Å². The number of para-hydroxylation sites is 1. The van der Waals surface area contributed by atoms with Crippen LogP contribution in [0.5, 0.6) is 0 Å². The van der Waals surface area contributed by atoms with Crippen LogP contribution in [0.1, 0.15) is 16.7 Å². The van der Waals surface area contributed by atoms with E-state index in [4.69, 9.17) is 4.74 Å². The van der Waals surface area contributed by atoms with E-state index in [-0.39, 0.29) is 12.0 Å². The molecule has 3 aromatic rings. The maximum absolute atomic E-state index is 6.05. The molecule has 3 heteroatoms. The van der Waals surface area contributed by atoms with Gasteiger partial charge in [-0.15, -0.1) is 0 Å². The van der Waals surface area contributed by atoms with E-state index in [2.05, 4.69) is 72.6 Å². The van der Waals surface area contributed by atoms with E-state index in [0.29, 0.717) is 0 Å². The van der Waals surface area contributed by atoms with Gasteiger partial charge in [0.2, 0.25) is 5.71 Å². The van der Waals surface area contributed by atoms with Gasteiger partial charge in [-0.25, -0.2) is 4.58 Å². The Bertz CT molecular complexity index is 1210. The Kier molecular flexibility index (Phi) is 2.28. The van der Waals surface area contributed by atoms with Crippen LogP contribution < -0.4 is 0 Å². The zero-order chi connectivity index (χ0) is 16.9. The minimum absolute atomic E-state index is 0.102. The number of aromatic nitrogens is 1. The lowest BCUT2D eigenvalue weighted by Gasteiger charge is -2.29. The van der Waals surface area contributed by atoms with Gasteiger partial charge in [-0.05, 0) is 37.1 Å². The molecular weight excluding hydrogens is 308 g/mol. The number of hydrogen-bond acceptors (Lipinski definition) is 1. The van der Waals surface area contributed by atoms with Crippen LogP contribution in [0.4, 0.5) is 0 Å². The lowest BCUT2D eigenvalue weighted by atomic mass is 9.82. The highest BCUT2D eigenvalue weighted by Gasteiger charge is 2.48. The highest BCUT2D eigenvalue weighted by Crippen LogP contribution is 2.47. The van der Waals surface area contributed by atoms with Crippen molar-refractivity contribution in [3.05, 3.63) is 65.6 Å². The quantitative estimate of drug-likeness (QED) is 0.566. The maximum atomic E-state index is 6.05. The molecule has 0 N–H and O–H groups in total. The molecule has 3 nitrogen and oxygen atoms in total. The molecule has 4 heterocycles. The van der Waals surface area contributed by atoms with Gasteiger partial charge in [-0.3, -0.25) is 0 Å². The van der Waals surface area contributed by atoms with Crippen molar-refractivity contribution < 1.29 is 9.31 Å². The molecule has 0 aliphatic carbocycles. The third-order valence-electron chi connectivity index (χ3n) is 6.16. The summed E-state index contributed by atoms with van der Waals surface area (Å²) in [5, 5.41) is 2.66. The van der Waals surface area contributed by atoms with Crippen LogP contribution in [0.15, 0.2) is 48.9 Å². The Hall–Kier alpha value is -2.81. The third-order valence-corrected chi connectivity index (χ3v) is 6.16.